The highest BCUT2D eigenvalue weighted by Gasteiger charge is 2.37. The van der Waals surface area contributed by atoms with Crippen molar-refractivity contribution in [3.8, 4) is 0 Å². The standard InChI is InChI=1S/C52H100N2O6/c1-5-9-13-17-19-26-36-47(35-24-15-11-7-3)50(56)54-43-34-39-49(54)52(58)60-46-32-22-21-28-40-53(42-30-31-44-55)41-29-23-33-45-59-51(57)48(37-25-16-12-8-4)38-27-20-18-14-10-6-2/h47-49,55H,5-46H2,1-4H3/t47?,48?,49-/m0/s1. The number of aliphatic hydroxyl groups excluding tert-OH is 1. The second kappa shape index (κ2) is 41.3. The molecule has 1 heterocycles. The predicted molar refractivity (Wildman–Crippen MR) is 252 cm³/mol. The molecule has 1 aliphatic rings. The maximum absolute atomic E-state index is 13.8. The van der Waals surface area contributed by atoms with Crippen molar-refractivity contribution in [2.75, 3.05) is 46.0 Å². The normalized spacial score (nSPS) is 15.2. The van der Waals surface area contributed by atoms with Crippen molar-refractivity contribution in [1.82, 2.24) is 9.80 Å². The van der Waals surface area contributed by atoms with E-state index in [1.807, 2.05) is 4.90 Å². The number of carbonyl (C=O) groups excluding carboxylic acids is 3. The van der Waals surface area contributed by atoms with E-state index in [0.29, 0.717) is 19.8 Å². The van der Waals surface area contributed by atoms with Crippen LogP contribution in [0.15, 0.2) is 0 Å². The number of nitrogens with zero attached hydrogens (tertiary/aromatic N) is 2. The van der Waals surface area contributed by atoms with E-state index in [9.17, 15) is 19.5 Å². The number of esters is 2. The third kappa shape index (κ3) is 29.6. The summed E-state index contributed by atoms with van der Waals surface area (Å²) in [7, 11) is 0. The zero-order valence-corrected chi connectivity index (χ0v) is 40.3. The lowest BCUT2D eigenvalue weighted by atomic mass is 9.92. The van der Waals surface area contributed by atoms with Crippen LogP contribution in [0.4, 0.5) is 0 Å². The summed E-state index contributed by atoms with van der Waals surface area (Å²) in [6.45, 7) is 13.9. The van der Waals surface area contributed by atoms with E-state index in [0.717, 1.165) is 142 Å². The van der Waals surface area contributed by atoms with Gasteiger partial charge in [-0.25, -0.2) is 4.79 Å². The van der Waals surface area contributed by atoms with Gasteiger partial charge in [-0.05, 0) is 103 Å². The maximum atomic E-state index is 13.8. The van der Waals surface area contributed by atoms with E-state index in [1.54, 1.807) is 0 Å². The van der Waals surface area contributed by atoms with E-state index in [1.165, 1.54) is 103 Å². The van der Waals surface area contributed by atoms with Gasteiger partial charge in [0.15, 0.2) is 0 Å². The molecule has 0 aromatic heterocycles. The fourth-order valence-corrected chi connectivity index (χ4v) is 9.01. The Morgan fingerprint density at radius 3 is 1.43 bits per heavy atom. The summed E-state index contributed by atoms with van der Waals surface area (Å²) >= 11 is 0. The van der Waals surface area contributed by atoms with Crippen molar-refractivity contribution >= 4 is 17.8 Å². The molecule has 0 spiro atoms. The topological polar surface area (TPSA) is 96.4 Å². The van der Waals surface area contributed by atoms with Crippen molar-refractivity contribution < 1.29 is 29.0 Å². The largest absolute Gasteiger partial charge is 0.465 e. The number of aliphatic hydroxyl groups is 1. The number of carbonyl (C=O) groups is 3. The van der Waals surface area contributed by atoms with Crippen LogP contribution < -0.4 is 0 Å². The number of hydrogen-bond donors (Lipinski definition) is 1. The molecule has 60 heavy (non-hydrogen) atoms. The summed E-state index contributed by atoms with van der Waals surface area (Å²) < 4.78 is 11.6. The lowest BCUT2D eigenvalue weighted by Gasteiger charge is -2.28. The lowest BCUT2D eigenvalue weighted by molar-refractivity contribution is -0.155. The number of likely N-dealkylation sites (tertiary alicyclic amines) is 1. The smallest absolute Gasteiger partial charge is 0.328 e. The maximum Gasteiger partial charge on any atom is 0.328 e. The van der Waals surface area contributed by atoms with Gasteiger partial charge in [-0.3, -0.25) is 9.59 Å². The van der Waals surface area contributed by atoms with Crippen LogP contribution in [0.5, 0.6) is 0 Å². The van der Waals surface area contributed by atoms with E-state index in [2.05, 4.69) is 32.6 Å². The first-order valence-corrected chi connectivity index (χ1v) is 26.4. The Balaban J connectivity index is 2.41. The van der Waals surface area contributed by atoms with Crippen molar-refractivity contribution in [3.63, 3.8) is 0 Å². The van der Waals surface area contributed by atoms with Crippen molar-refractivity contribution in [2.24, 2.45) is 11.8 Å². The van der Waals surface area contributed by atoms with Gasteiger partial charge in [-0.2, -0.15) is 0 Å². The minimum atomic E-state index is -0.410. The first-order valence-electron chi connectivity index (χ1n) is 26.4. The van der Waals surface area contributed by atoms with Gasteiger partial charge in [0.2, 0.25) is 5.91 Å². The van der Waals surface area contributed by atoms with Crippen molar-refractivity contribution in [2.45, 2.75) is 258 Å². The molecule has 0 radical (unpaired) electrons. The molecule has 1 rings (SSSR count). The molecule has 0 aromatic rings. The first kappa shape index (κ1) is 56.3. The molecule has 0 bridgehead atoms. The van der Waals surface area contributed by atoms with E-state index >= 15 is 0 Å². The van der Waals surface area contributed by atoms with Gasteiger partial charge >= 0.3 is 11.9 Å². The summed E-state index contributed by atoms with van der Waals surface area (Å²) in [5, 5.41) is 9.36. The third-order valence-corrected chi connectivity index (χ3v) is 13.0. The highest BCUT2D eigenvalue weighted by atomic mass is 16.5. The predicted octanol–water partition coefficient (Wildman–Crippen LogP) is 13.5. The molecule has 354 valence electrons. The molecule has 8 nitrogen and oxygen atoms in total. The molecular weight excluding hydrogens is 749 g/mol. The molecule has 0 aromatic carbocycles. The molecule has 0 aliphatic carbocycles. The lowest BCUT2D eigenvalue weighted by Crippen LogP contribution is -2.44. The summed E-state index contributed by atoms with van der Waals surface area (Å²) in [6, 6.07) is -0.410. The molecule has 1 fully saturated rings. The average Bonchev–Trinajstić information content (AvgIpc) is 3.75. The summed E-state index contributed by atoms with van der Waals surface area (Å²) in [4.78, 5) is 44.5. The molecule has 1 N–H and O–H groups in total. The number of unbranched alkanes of at least 4 members (excludes halogenated alkanes) is 22. The van der Waals surface area contributed by atoms with Crippen LogP contribution in [-0.4, -0.2) is 84.8 Å². The second-order valence-electron chi connectivity index (χ2n) is 18.5. The van der Waals surface area contributed by atoms with E-state index in [-0.39, 0.29) is 36.3 Å². The highest BCUT2D eigenvalue weighted by Crippen LogP contribution is 2.27. The first-order chi connectivity index (χ1) is 29.4. The Morgan fingerprint density at radius 1 is 0.517 bits per heavy atom. The third-order valence-electron chi connectivity index (χ3n) is 13.0. The average molecular weight is 849 g/mol. The molecule has 0 saturated carbocycles. The molecule has 1 saturated heterocycles. The van der Waals surface area contributed by atoms with Crippen LogP contribution in [0.25, 0.3) is 0 Å². The Bertz CT molecular complexity index is 994. The van der Waals surface area contributed by atoms with Crippen LogP contribution in [0.2, 0.25) is 0 Å². The Labute approximate surface area is 371 Å². The van der Waals surface area contributed by atoms with Gasteiger partial charge in [0.1, 0.15) is 6.04 Å². The van der Waals surface area contributed by atoms with Gasteiger partial charge in [0.05, 0.1) is 19.1 Å². The van der Waals surface area contributed by atoms with Gasteiger partial charge < -0.3 is 24.4 Å². The molecule has 8 heteroatoms. The highest BCUT2D eigenvalue weighted by molar-refractivity contribution is 5.86. The SMILES string of the molecule is CCCCCCCCC(CCCCCC)C(=O)OCCCCCN(CCCCO)CCCCCCOC(=O)[C@@H]1CCCN1C(=O)C(CCCCCC)CCCCCCCC. The van der Waals surface area contributed by atoms with Gasteiger partial charge in [-0.15, -0.1) is 0 Å². The van der Waals surface area contributed by atoms with E-state index in [4.69, 9.17) is 9.47 Å². The van der Waals surface area contributed by atoms with Crippen LogP contribution >= 0.6 is 0 Å². The summed E-state index contributed by atoms with van der Waals surface area (Å²) in [5.41, 5.74) is 0. The van der Waals surface area contributed by atoms with Gasteiger partial charge in [-0.1, -0.05) is 169 Å². The van der Waals surface area contributed by atoms with Crippen LogP contribution in [0, 0.1) is 11.8 Å². The number of rotatable bonds is 44. The van der Waals surface area contributed by atoms with Crippen LogP contribution in [0.3, 0.4) is 0 Å². The van der Waals surface area contributed by atoms with Gasteiger partial charge in [0.25, 0.3) is 0 Å². The van der Waals surface area contributed by atoms with Gasteiger partial charge in [0, 0.05) is 19.1 Å². The molecule has 1 aliphatic heterocycles. The molecule has 2 unspecified atom stereocenters. The zero-order valence-electron chi connectivity index (χ0n) is 40.3. The van der Waals surface area contributed by atoms with Crippen molar-refractivity contribution in [3.05, 3.63) is 0 Å². The number of amides is 1. The summed E-state index contributed by atoms with van der Waals surface area (Å²) in [5.74, 6) is 0.133. The Kier molecular flexibility index (Phi) is 38.8. The molecule has 3 atom stereocenters. The summed E-state index contributed by atoms with van der Waals surface area (Å²) in [6.07, 6.45) is 38.8. The Hall–Kier alpha value is -1.67. The Morgan fingerprint density at radius 2 is 0.917 bits per heavy atom. The van der Waals surface area contributed by atoms with E-state index < -0.39 is 6.04 Å². The minimum Gasteiger partial charge on any atom is -0.465 e. The number of ether oxygens (including phenoxy) is 2. The monoisotopic (exact) mass is 849 g/mol. The van der Waals surface area contributed by atoms with Crippen LogP contribution in [-0.2, 0) is 23.9 Å². The fraction of sp³-hybridized carbons (Fsp3) is 0.942. The number of hydrogen-bond acceptors (Lipinski definition) is 7. The fourth-order valence-electron chi connectivity index (χ4n) is 9.01. The minimum absolute atomic E-state index is 0.0341. The second-order valence-corrected chi connectivity index (χ2v) is 18.5. The van der Waals surface area contributed by atoms with Crippen molar-refractivity contribution in [1.29, 1.82) is 0 Å². The molecule has 1 amide bonds. The van der Waals surface area contributed by atoms with Crippen LogP contribution in [0.1, 0.15) is 252 Å². The molecular formula is C52H100N2O6. The quantitative estimate of drug-likeness (QED) is 0.0482. The zero-order chi connectivity index (χ0) is 43.7.